The zero-order valence-electron chi connectivity index (χ0n) is 12.4. The number of nitrogens with zero attached hydrogens (tertiary/aromatic N) is 2. The fourth-order valence-corrected chi connectivity index (χ4v) is 3.01. The van der Waals surface area contributed by atoms with E-state index in [9.17, 15) is 18.7 Å². The van der Waals surface area contributed by atoms with Crippen LogP contribution in [-0.2, 0) is 10.5 Å². The Morgan fingerprint density at radius 1 is 1.41 bits per heavy atom. The summed E-state index contributed by atoms with van der Waals surface area (Å²) in [5.74, 6) is -0.0354. The second-order valence-electron chi connectivity index (χ2n) is 5.38. The molecule has 0 radical (unpaired) electrons. The second-order valence-corrected chi connectivity index (χ2v) is 6.36. The SMILES string of the molecule is CC1=NN(C(=O)CSCc2ccc(C)cc2)[C@@](O)(C(F)F)C1. The van der Waals surface area contributed by atoms with E-state index < -0.39 is 18.1 Å². The monoisotopic (exact) mass is 328 g/mol. The van der Waals surface area contributed by atoms with E-state index in [4.69, 9.17) is 0 Å². The van der Waals surface area contributed by atoms with E-state index in [1.54, 1.807) is 0 Å². The molecule has 1 aromatic rings. The molecule has 1 heterocycles. The van der Waals surface area contributed by atoms with Crippen LogP contribution < -0.4 is 0 Å². The Morgan fingerprint density at radius 3 is 2.64 bits per heavy atom. The number of alkyl halides is 2. The average Bonchev–Trinajstić information content (AvgIpc) is 2.77. The minimum atomic E-state index is -3.06. The van der Waals surface area contributed by atoms with E-state index in [1.165, 1.54) is 18.7 Å². The third kappa shape index (κ3) is 3.64. The molecule has 0 fully saturated rings. The summed E-state index contributed by atoms with van der Waals surface area (Å²) >= 11 is 1.30. The lowest BCUT2D eigenvalue weighted by molar-refractivity contribution is -0.190. The van der Waals surface area contributed by atoms with E-state index in [0.29, 0.717) is 16.5 Å². The van der Waals surface area contributed by atoms with Crippen molar-refractivity contribution in [3.8, 4) is 0 Å². The van der Waals surface area contributed by atoms with Gasteiger partial charge in [-0.05, 0) is 19.4 Å². The van der Waals surface area contributed by atoms with Crippen LogP contribution in [0, 0.1) is 6.92 Å². The molecular weight excluding hydrogens is 310 g/mol. The topological polar surface area (TPSA) is 52.9 Å². The number of benzene rings is 1. The molecule has 0 spiro atoms. The minimum absolute atomic E-state index is 0.0142. The Labute approximate surface area is 132 Å². The molecule has 22 heavy (non-hydrogen) atoms. The zero-order chi connectivity index (χ0) is 16.3. The normalized spacial score (nSPS) is 21.4. The summed E-state index contributed by atoms with van der Waals surface area (Å²) in [5, 5.41) is 14.2. The van der Waals surface area contributed by atoms with E-state index >= 15 is 0 Å². The van der Waals surface area contributed by atoms with Gasteiger partial charge in [0.1, 0.15) is 0 Å². The molecule has 7 heteroatoms. The number of halogens is 2. The molecule has 4 nitrogen and oxygen atoms in total. The average molecular weight is 328 g/mol. The van der Waals surface area contributed by atoms with Crippen molar-refractivity contribution in [3.63, 3.8) is 0 Å². The maximum atomic E-state index is 13.0. The number of hydrazone groups is 1. The van der Waals surface area contributed by atoms with Crippen LogP contribution in [0.5, 0.6) is 0 Å². The van der Waals surface area contributed by atoms with Crippen molar-refractivity contribution in [2.75, 3.05) is 5.75 Å². The highest BCUT2D eigenvalue weighted by Gasteiger charge is 2.50. The van der Waals surface area contributed by atoms with Crippen LogP contribution >= 0.6 is 11.8 Å². The molecule has 0 aliphatic carbocycles. The maximum Gasteiger partial charge on any atom is 0.287 e. The Balaban J connectivity index is 1.92. The van der Waals surface area contributed by atoms with Crippen molar-refractivity contribution in [2.24, 2.45) is 5.10 Å². The second kappa shape index (κ2) is 6.75. The third-order valence-corrected chi connectivity index (χ3v) is 4.34. The Bertz CT molecular complexity index is 577. The van der Waals surface area contributed by atoms with Crippen LogP contribution in [0.2, 0.25) is 0 Å². The van der Waals surface area contributed by atoms with Gasteiger partial charge in [0.2, 0.25) is 5.72 Å². The molecule has 2 rings (SSSR count). The summed E-state index contributed by atoms with van der Waals surface area (Å²) in [7, 11) is 0. The Hall–Kier alpha value is -1.47. The van der Waals surface area contributed by atoms with Crippen LogP contribution in [0.25, 0.3) is 0 Å². The van der Waals surface area contributed by atoms with Crippen LogP contribution in [-0.4, -0.2) is 39.6 Å². The third-order valence-electron chi connectivity index (χ3n) is 3.35. The molecule has 0 saturated carbocycles. The fourth-order valence-electron chi connectivity index (χ4n) is 2.19. The molecule has 1 amide bonds. The highest BCUT2D eigenvalue weighted by molar-refractivity contribution is 7.99. The van der Waals surface area contributed by atoms with Gasteiger partial charge >= 0.3 is 0 Å². The van der Waals surface area contributed by atoms with Crippen LogP contribution in [0.15, 0.2) is 29.4 Å². The first-order chi connectivity index (χ1) is 10.3. The summed E-state index contributed by atoms with van der Waals surface area (Å²) in [6.07, 6.45) is -3.38. The molecule has 0 aromatic heterocycles. The smallest absolute Gasteiger partial charge is 0.287 e. The number of amides is 1. The summed E-state index contributed by atoms with van der Waals surface area (Å²) in [5.41, 5.74) is 0.00740. The first-order valence-electron chi connectivity index (χ1n) is 6.84. The molecule has 0 saturated heterocycles. The minimum Gasteiger partial charge on any atom is -0.364 e. The lowest BCUT2D eigenvalue weighted by Gasteiger charge is -2.29. The molecule has 120 valence electrons. The largest absolute Gasteiger partial charge is 0.364 e. The molecule has 1 aliphatic rings. The lowest BCUT2D eigenvalue weighted by atomic mass is 10.1. The highest BCUT2D eigenvalue weighted by atomic mass is 32.2. The molecule has 1 atom stereocenters. The Morgan fingerprint density at radius 2 is 2.05 bits per heavy atom. The van der Waals surface area contributed by atoms with Gasteiger partial charge in [-0.3, -0.25) is 4.79 Å². The highest BCUT2D eigenvalue weighted by Crippen LogP contribution is 2.31. The predicted octanol–water partition coefficient (Wildman–Crippen LogP) is 2.79. The maximum absolute atomic E-state index is 13.0. The molecular formula is C15H18F2N2O2S. The quantitative estimate of drug-likeness (QED) is 0.904. The lowest BCUT2D eigenvalue weighted by Crippen LogP contribution is -2.52. The van der Waals surface area contributed by atoms with Crippen molar-refractivity contribution in [1.29, 1.82) is 0 Å². The van der Waals surface area contributed by atoms with E-state index in [0.717, 1.165) is 11.1 Å². The summed E-state index contributed by atoms with van der Waals surface area (Å²) in [6, 6.07) is 7.86. The van der Waals surface area contributed by atoms with Crippen molar-refractivity contribution in [1.82, 2.24) is 5.01 Å². The standard InChI is InChI=1S/C15H18F2N2O2S/c1-10-3-5-12(6-4-10)8-22-9-13(20)19-15(21,14(16)17)7-11(2)18-19/h3-6,14,21H,7-9H2,1-2H3/t15-/m0/s1. The number of thioether (sulfide) groups is 1. The van der Waals surface area contributed by atoms with Crippen molar-refractivity contribution in [3.05, 3.63) is 35.4 Å². The van der Waals surface area contributed by atoms with E-state index in [1.807, 2.05) is 31.2 Å². The van der Waals surface area contributed by atoms with E-state index in [-0.39, 0.29) is 12.2 Å². The summed E-state index contributed by atoms with van der Waals surface area (Å²) < 4.78 is 26.0. The van der Waals surface area contributed by atoms with Crippen molar-refractivity contribution in [2.45, 2.75) is 38.2 Å². The zero-order valence-corrected chi connectivity index (χ0v) is 13.2. The van der Waals surface area contributed by atoms with Gasteiger partial charge in [0.15, 0.2) is 0 Å². The molecule has 0 unspecified atom stereocenters. The Kier molecular flexibility index (Phi) is 5.18. The van der Waals surface area contributed by atoms with Crippen LogP contribution in [0.1, 0.15) is 24.5 Å². The number of aliphatic hydroxyl groups is 1. The van der Waals surface area contributed by atoms with Crippen molar-refractivity contribution < 1.29 is 18.7 Å². The number of rotatable bonds is 5. The van der Waals surface area contributed by atoms with Gasteiger partial charge in [0, 0.05) is 17.9 Å². The molecule has 1 aliphatic heterocycles. The number of carbonyl (C=O) groups excluding carboxylic acids is 1. The molecule has 1 N–H and O–H groups in total. The van der Waals surface area contributed by atoms with E-state index in [2.05, 4.69) is 5.10 Å². The first kappa shape index (κ1) is 16.9. The number of aryl methyl sites for hydroxylation is 1. The fraction of sp³-hybridized carbons (Fsp3) is 0.467. The van der Waals surface area contributed by atoms with Gasteiger partial charge in [-0.15, -0.1) is 11.8 Å². The van der Waals surface area contributed by atoms with Gasteiger partial charge in [-0.1, -0.05) is 29.8 Å². The number of hydrogen-bond donors (Lipinski definition) is 1. The summed E-state index contributed by atoms with van der Waals surface area (Å²) in [6.45, 7) is 3.50. The van der Waals surface area contributed by atoms with Gasteiger partial charge in [0.05, 0.1) is 5.75 Å². The number of carbonyl (C=O) groups is 1. The first-order valence-corrected chi connectivity index (χ1v) is 7.99. The van der Waals surface area contributed by atoms with Gasteiger partial charge in [0.25, 0.3) is 12.3 Å². The van der Waals surface area contributed by atoms with Gasteiger partial charge in [-0.2, -0.15) is 10.1 Å². The van der Waals surface area contributed by atoms with Crippen LogP contribution in [0.3, 0.4) is 0 Å². The van der Waals surface area contributed by atoms with Crippen LogP contribution in [0.4, 0.5) is 8.78 Å². The number of hydrogen-bond acceptors (Lipinski definition) is 4. The summed E-state index contributed by atoms with van der Waals surface area (Å²) in [4.78, 5) is 12.1. The predicted molar refractivity (Wildman–Crippen MR) is 82.9 cm³/mol. The van der Waals surface area contributed by atoms with Gasteiger partial charge < -0.3 is 5.11 Å². The van der Waals surface area contributed by atoms with Crippen molar-refractivity contribution >= 4 is 23.4 Å². The molecule has 1 aromatic carbocycles. The molecule has 0 bridgehead atoms. The van der Waals surface area contributed by atoms with Gasteiger partial charge in [-0.25, -0.2) is 8.78 Å².